The predicted octanol–water partition coefficient (Wildman–Crippen LogP) is 3.42. The van der Waals surface area contributed by atoms with Crippen molar-refractivity contribution in [1.29, 1.82) is 0 Å². The molecular formula is C25H42N6O3. The summed E-state index contributed by atoms with van der Waals surface area (Å²) in [6.45, 7) is 6.12. The molecule has 1 saturated carbocycles. The number of urea groups is 1. The van der Waals surface area contributed by atoms with Crippen LogP contribution in [0.4, 0.5) is 16.6 Å². The van der Waals surface area contributed by atoms with Crippen LogP contribution in [0.5, 0.6) is 0 Å². The lowest BCUT2D eigenvalue weighted by molar-refractivity contribution is -0.145. The quantitative estimate of drug-likeness (QED) is 0.471. The first-order valence-electron chi connectivity index (χ1n) is 12.8. The Morgan fingerprint density at radius 2 is 1.74 bits per heavy atom. The highest BCUT2D eigenvalue weighted by atomic mass is 16.5. The number of esters is 1. The van der Waals surface area contributed by atoms with E-state index in [9.17, 15) is 9.59 Å². The highest BCUT2D eigenvalue weighted by Crippen LogP contribution is 2.29. The van der Waals surface area contributed by atoms with Crippen LogP contribution in [0.3, 0.4) is 0 Å². The number of hydrogen-bond donors (Lipinski definition) is 3. The Morgan fingerprint density at radius 1 is 1.06 bits per heavy atom. The summed E-state index contributed by atoms with van der Waals surface area (Å²) < 4.78 is 5.12. The number of aryl methyl sites for hydroxylation is 1. The Labute approximate surface area is 203 Å². The molecule has 0 spiro atoms. The fraction of sp³-hybridized carbons (Fsp3) is 0.760. The number of anilines is 2. The first-order chi connectivity index (χ1) is 16.3. The lowest BCUT2D eigenvalue weighted by atomic mass is 9.91. The van der Waals surface area contributed by atoms with Crippen LogP contribution in [0, 0.1) is 5.92 Å². The molecule has 2 amide bonds. The largest absolute Gasteiger partial charge is 0.464 e. The van der Waals surface area contributed by atoms with Gasteiger partial charge in [0.1, 0.15) is 11.9 Å². The topological polar surface area (TPSA) is 108 Å². The summed E-state index contributed by atoms with van der Waals surface area (Å²) in [7, 11) is 4.08. The van der Waals surface area contributed by atoms with Crippen LogP contribution in [0.25, 0.3) is 0 Å². The van der Waals surface area contributed by atoms with Crippen molar-refractivity contribution in [1.82, 2.24) is 20.6 Å². The maximum atomic E-state index is 12.6. The monoisotopic (exact) mass is 474 g/mol. The van der Waals surface area contributed by atoms with Gasteiger partial charge in [-0.1, -0.05) is 13.8 Å². The van der Waals surface area contributed by atoms with Crippen molar-refractivity contribution < 1.29 is 14.3 Å². The third-order valence-corrected chi connectivity index (χ3v) is 6.56. The maximum absolute atomic E-state index is 12.6. The molecule has 0 saturated heterocycles. The second-order valence-corrected chi connectivity index (χ2v) is 10.1. The number of hydrogen-bond acceptors (Lipinski definition) is 7. The molecule has 1 heterocycles. The smallest absolute Gasteiger partial charge is 0.328 e. The van der Waals surface area contributed by atoms with Crippen molar-refractivity contribution in [3.8, 4) is 0 Å². The van der Waals surface area contributed by atoms with Gasteiger partial charge in [0, 0.05) is 31.7 Å². The van der Waals surface area contributed by atoms with Gasteiger partial charge in [0.05, 0.1) is 12.3 Å². The van der Waals surface area contributed by atoms with E-state index in [1.54, 1.807) is 6.92 Å². The molecule has 190 valence electrons. The molecule has 1 atom stereocenters. The zero-order valence-electron chi connectivity index (χ0n) is 21.4. The fourth-order valence-corrected chi connectivity index (χ4v) is 4.89. The minimum Gasteiger partial charge on any atom is -0.464 e. The van der Waals surface area contributed by atoms with E-state index in [4.69, 9.17) is 14.7 Å². The zero-order valence-corrected chi connectivity index (χ0v) is 21.4. The molecule has 1 fully saturated rings. The molecule has 9 nitrogen and oxygen atoms in total. The number of nitrogens with zero attached hydrogens (tertiary/aromatic N) is 3. The Kier molecular flexibility index (Phi) is 9.36. The van der Waals surface area contributed by atoms with Gasteiger partial charge in [-0.2, -0.15) is 4.98 Å². The summed E-state index contributed by atoms with van der Waals surface area (Å²) in [6, 6.07) is -0.554. The first kappa shape index (κ1) is 26.0. The highest BCUT2D eigenvalue weighted by molar-refractivity contribution is 5.83. The Bertz CT molecular complexity index is 836. The molecule has 0 bridgehead atoms. The number of nitrogens with one attached hydrogen (secondary N) is 3. The molecule has 0 aromatic carbocycles. The first-order valence-corrected chi connectivity index (χ1v) is 12.8. The Balaban J connectivity index is 1.51. The summed E-state index contributed by atoms with van der Waals surface area (Å²) in [5.41, 5.74) is 2.47. The highest BCUT2D eigenvalue weighted by Gasteiger charge is 2.27. The summed E-state index contributed by atoms with van der Waals surface area (Å²) in [6.07, 6.45) is 8.59. The van der Waals surface area contributed by atoms with Gasteiger partial charge in [0.15, 0.2) is 0 Å². The number of amides is 2. The van der Waals surface area contributed by atoms with E-state index in [1.807, 2.05) is 27.9 Å². The van der Waals surface area contributed by atoms with Crippen LogP contribution in [0.2, 0.25) is 0 Å². The van der Waals surface area contributed by atoms with Gasteiger partial charge in [-0.25, -0.2) is 14.6 Å². The van der Waals surface area contributed by atoms with E-state index in [0.29, 0.717) is 19.0 Å². The van der Waals surface area contributed by atoms with Gasteiger partial charge in [0.2, 0.25) is 5.95 Å². The maximum Gasteiger partial charge on any atom is 0.328 e. The molecule has 3 rings (SSSR count). The molecule has 0 radical (unpaired) electrons. The normalized spacial score (nSPS) is 20.8. The standard InChI is InChI=1S/C25H42N6O3/c1-6-34-23(32)21(15-16(2)3)29-25(33)27-18-13-11-17(12-14-18)26-24-28-20-10-8-7-9-19(20)22(30-24)31(4)5/h16-18,21H,6-15H2,1-5H3,(H,26,28,30)(H2,27,29,33)/t17-,18+,21?. The van der Waals surface area contributed by atoms with Crippen molar-refractivity contribution in [3.63, 3.8) is 0 Å². The number of aromatic nitrogens is 2. The van der Waals surface area contributed by atoms with Crippen molar-refractivity contribution in [2.24, 2.45) is 5.92 Å². The van der Waals surface area contributed by atoms with Gasteiger partial charge < -0.3 is 25.6 Å². The van der Waals surface area contributed by atoms with E-state index in [2.05, 4.69) is 20.9 Å². The summed E-state index contributed by atoms with van der Waals surface area (Å²) >= 11 is 0. The average Bonchev–Trinajstić information content (AvgIpc) is 2.79. The third kappa shape index (κ3) is 7.21. The van der Waals surface area contributed by atoms with Crippen molar-refractivity contribution in [2.75, 3.05) is 30.9 Å². The number of rotatable bonds is 9. The van der Waals surface area contributed by atoms with Crippen LogP contribution in [-0.2, 0) is 22.4 Å². The lowest BCUT2D eigenvalue weighted by Crippen LogP contribution is -2.51. The minimum absolute atomic E-state index is 0.0849. The molecule has 1 aromatic rings. The number of fused-ring (bicyclic) bond motifs is 1. The third-order valence-electron chi connectivity index (χ3n) is 6.56. The van der Waals surface area contributed by atoms with Crippen LogP contribution < -0.4 is 20.9 Å². The molecule has 2 aliphatic carbocycles. The predicted molar refractivity (Wildman–Crippen MR) is 134 cm³/mol. The SMILES string of the molecule is CCOC(=O)C(CC(C)C)NC(=O)N[C@H]1CC[C@@H](Nc2nc3c(c(N(C)C)n2)CCCC3)CC1. The number of carbonyl (C=O) groups excluding carboxylic acids is 2. The second-order valence-electron chi connectivity index (χ2n) is 10.1. The summed E-state index contributed by atoms with van der Waals surface area (Å²) in [4.78, 5) is 36.5. The molecular weight excluding hydrogens is 432 g/mol. The van der Waals surface area contributed by atoms with E-state index in [0.717, 1.165) is 44.3 Å². The number of carbonyl (C=O) groups is 2. The van der Waals surface area contributed by atoms with E-state index >= 15 is 0 Å². The van der Waals surface area contributed by atoms with Gasteiger partial charge in [-0.05, 0) is 70.6 Å². The van der Waals surface area contributed by atoms with Crippen LogP contribution in [-0.4, -0.2) is 60.8 Å². The van der Waals surface area contributed by atoms with Crippen LogP contribution >= 0.6 is 0 Å². The fourth-order valence-electron chi connectivity index (χ4n) is 4.89. The summed E-state index contributed by atoms with van der Waals surface area (Å²) in [5, 5.41) is 9.40. The second kappa shape index (κ2) is 12.2. The van der Waals surface area contributed by atoms with Gasteiger partial charge >= 0.3 is 12.0 Å². The molecule has 2 aliphatic rings. The van der Waals surface area contributed by atoms with Gasteiger partial charge in [-0.3, -0.25) is 0 Å². The van der Waals surface area contributed by atoms with E-state index < -0.39 is 6.04 Å². The molecule has 9 heteroatoms. The zero-order chi connectivity index (χ0) is 24.7. The van der Waals surface area contributed by atoms with Gasteiger partial charge in [0.25, 0.3) is 0 Å². The van der Waals surface area contributed by atoms with E-state index in [-0.39, 0.29) is 30.0 Å². The van der Waals surface area contributed by atoms with E-state index in [1.165, 1.54) is 24.1 Å². The van der Waals surface area contributed by atoms with Crippen molar-refractivity contribution in [2.45, 2.75) is 96.7 Å². The minimum atomic E-state index is -0.620. The van der Waals surface area contributed by atoms with Crippen LogP contribution in [0.1, 0.15) is 77.0 Å². The van der Waals surface area contributed by atoms with Crippen molar-refractivity contribution >= 4 is 23.8 Å². The lowest BCUT2D eigenvalue weighted by Gasteiger charge is -2.31. The van der Waals surface area contributed by atoms with Crippen LogP contribution in [0.15, 0.2) is 0 Å². The Morgan fingerprint density at radius 3 is 2.38 bits per heavy atom. The molecule has 1 unspecified atom stereocenters. The van der Waals surface area contributed by atoms with Crippen molar-refractivity contribution in [3.05, 3.63) is 11.3 Å². The average molecular weight is 475 g/mol. The molecule has 3 N–H and O–H groups in total. The molecule has 1 aromatic heterocycles. The van der Waals surface area contributed by atoms with Gasteiger partial charge in [-0.15, -0.1) is 0 Å². The summed E-state index contributed by atoms with van der Waals surface area (Å²) in [5.74, 6) is 1.64. The number of ether oxygens (including phenoxy) is 1. The molecule has 34 heavy (non-hydrogen) atoms. The Hall–Kier alpha value is -2.58. The molecule has 0 aliphatic heterocycles.